The van der Waals surface area contributed by atoms with Crippen LogP contribution in [0.4, 0.5) is 0 Å². The van der Waals surface area contributed by atoms with Crippen LogP contribution in [0.2, 0.25) is 0 Å². The second-order valence-electron chi connectivity index (χ2n) is 5.14. The van der Waals surface area contributed by atoms with Crippen molar-refractivity contribution in [2.24, 2.45) is 0 Å². The molecule has 1 aliphatic heterocycles. The molecule has 0 aromatic heterocycles. The summed E-state index contributed by atoms with van der Waals surface area (Å²) in [6.07, 6.45) is 2.02. The van der Waals surface area contributed by atoms with E-state index < -0.39 is 0 Å². The van der Waals surface area contributed by atoms with E-state index in [0.29, 0.717) is 6.04 Å². The summed E-state index contributed by atoms with van der Waals surface area (Å²) in [5.74, 6) is 1.05. The second-order valence-corrected chi connectivity index (χ2v) is 6.05. The summed E-state index contributed by atoms with van der Waals surface area (Å²) in [4.78, 5) is 0. The number of ether oxygens (including phenoxy) is 1. The van der Waals surface area contributed by atoms with Crippen molar-refractivity contribution in [3.8, 4) is 5.75 Å². The molecule has 0 amide bonds. The van der Waals surface area contributed by atoms with E-state index >= 15 is 0 Å². The molecule has 104 valence electrons. The number of fused-ring (bicyclic) bond motifs is 1. The topological polar surface area (TPSA) is 21.3 Å². The molecule has 1 N–H and O–H groups in total. The van der Waals surface area contributed by atoms with Crippen LogP contribution in [-0.4, -0.2) is 13.7 Å². The van der Waals surface area contributed by atoms with Gasteiger partial charge in [-0.2, -0.15) is 0 Å². The van der Waals surface area contributed by atoms with Crippen LogP contribution >= 0.6 is 15.9 Å². The lowest BCUT2D eigenvalue weighted by Gasteiger charge is -2.17. The molecule has 0 saturated heterocycles. The molecule has 1 unspecified atom stereocenters. The molecule has 3 rings (SSSR count). The Morgan fingerprint density at radius 2 is 2.00 bits per heavy atom. The summed E-state index contributed by atoms with van der Waals surface area (Å²) in [7, 11) is 2.02. The normalized spacial score (nSPS) is 14.7. The number of rotatable bonds is 4. The molecule has 1 aliphatic rings. The molecule has 1 atom stereocenters. The second kappa shape index (κ2) is 5.98. The molecule has 0 radical (unpaired) electrons. The summed E-state index contributed by atoms with van der Waals surface area (Å²) >= 11 is 3.48. The Balaban J connectivity index is 1.81. The number of hydrogen-bond acceptors (Lipinski definition) is 2. The molecule has 2 aromatic carbocycles. The van der Waals surface area contributed by atoms with Gasteiger partial charge in [0.05, 0.1) is 6.61 Å². The Labute approximate surface area is 128 Å². The van der Waals surface area contributed by atoms with E-state index in [0.717, 1.165) is 29.7 Å². The Kier molecular flexibility index (Phi) is 4.08. The molecule has 0 saturated carbocycles. The standard InChI is InChI=1S/C17H18BrNO/c1-19-16(10-12-2-5-15(18)6-3-12)13-4-7-17-14(11-13)8-9-20-17/h2-7,11,16,19H,8-10H2,1H3. The van der Waals surface area contributed by atoms with Gasteiger partial charge in [-0.25, -0.2) is 0 Å². The maximum atomic E-state index is 5.57. The first-order valence-electron chi connectivity index (χ1n) is 6.93. The average Bonchev–Trinajstić information content (AvgIpc) is 2.94. The van der Waals surface area contributed by atoms with E-state index in [-0.39, 0.29) is 0 Å². The zero-order valence-corrected chi connectivity index (χ0v) is 13.1. The van der Waals surface area contributed by atoms with Crippen molar-refractivity contribution in [2.75, 3.05) is 13.7 Å². The fourth-order valence-corrected chi connectivity index (χ4v) is 2.93. The van der Waals surface area contributed by atoms with Crippen LogP contribution in [0.25, 0.3) is 0 Å². The molecule has 20 heavy (non-hydrogen) atoms. The monoisotopic (exact) mass is 331 g/mol. The van der Waals surface area contributed by atoms with Gasteiger partial charge in [-0.1, -0.05) is 40.2 Å². The van der Waals surface area contributed by atoms with Gasteiger partial charge >= 0.3 is 0 Å². The zero-order valence-electron chi connectivity index (χ0n) is 11.5. The average molecular weight is 332 g/mol. The molecule has 2 nitrogen and oxygen atoms in total. The number of hydrogen-bond donors (Lipinski definition) is 1. The highest BCUT2D eigenvalue weighted by Crippen LogP contribution is 2.29. The predicted molar refractivity (Wildman–Crippen MR) is 85.3 cm³/mol. The minimum atomic E-state index is 0.335. The van der Waals surface area contributed by atoms with E-state index in [9.17, 15) is 0 Å². The third kappa shape index (κ3) is 2.89. The van der Waals surface area contributed by atoms with Crippen molar-refractivity contribution in [3.05, 3.63) is 63.6 Å². The van der Waals surface area contributed by atoms with Crippen LogP contribution in [0, 0.1) is 0 Å². The molecule has 0 bridgehead atoms. The lowest BCUT2D eigenvalue weighted by atomic mass is 9.97. The Hall–Kier alpha value is -1.32. The molecule has 1 heterocycles. The highest BCUT2D eigenvalue weighted by molar-refractivity contribution is 9.10. The number of halogens is 1. The molecule has 2 aromatic rings. The van der Waals surface area contributed by atoms with Gasteiger partial charge in [0, 0.05) is 16.9 Å². The molecule has 0 spiro atoms. The van der Waals surface area contributed by atoms with Crippen LogP contribution in [0.5, 0.6) is 5.75 Å². The summed E-state index contributed by atoms with van der Waals surface area (Å²) in [6, 6.07) is 15.4. The van der Waals surface area contributed by atoms with E-state index in [1.165, 1.54) is 16.7 Å². The first-order chi connectivity index (χ1) is 9.76. The van der Waals surface area contributed by atoms with Crippen molar-refractivity contribution >= 4 is 15.9 Å². The van der Waals surface area contributed by atoms with E-state index in [2.05, 4.69) is 63.7 Å². The van der Waals surface area contributed by atoms with Gasteiger partial charge in [-0.05, 0) is 48.4 Å². The summed E-state index contributed by atoms with van der Waals surface area (Å²) in [5.41, 5.74) is 4.00. The maximum Gasteiger partial charge on any atom is 0.122 e. The fourth-order valence-electron chi connectivity index (χ4n) is 2.67. The highest BCUT2D eigenvalue weighted by atomic mass is 79.9. The minimum absolute atomic E-state index is 0.335. The Morgan fingerprint density at radius 3 is 2.75 bits per heavy atom. The summed E-state index contributed by atoms with van der Waals surface area (Å²) in [6.45, 7) is 0.815. The first kappa shape index (κ1) is 13.7. The first-order valence-corrected chi connectivity index (χ1v) is 7.73. The molecule has 3 heteroatoms. The van der Waals surface area contributed by atoms with Crippen molar-refractivity contribution < 1.29 is 4.74 Å². The van der Waals surface area contributed by atoms with Crippen LogP contribution in [0.15, 0.2) is 46.9 Å². The third-order valence-corrected chi connectivity index (χ3v) is 4.35. The molecular weight excluding hydrogens is 314 g/mol. The van der Waals surface area contributed by atoms with Crippen LogP contribution in [0.3, 0.4) is 0 Å². The lowest BCUT2D eigenvalue weighted by molar-refractivity contribution is 0.356. The number of benzene rings is 2. The lowest BCUT2D eigenvalue weighted by Crippen LogP contribution is -2.18. The SMILES string of the molecule is CNC(Cc1ccc(Br)cc1)c1ccc2c(c1)CCO2. The van der Waals surface area contributed by atoms with Gasteiger partial charge in [0.25, 0.3) is 0 Å². The quantitative estimate of drug-likeness (QED) is 0.917. The maximum absolute atomic E-state index is 5.57. The van der Waals surface area contributed by atoms with Crippen molar-refractivity contribution in [1.82, 2.24) is 5.32 Å². The van der Waals surface area contributed by atoms with Crippen LogP contribution in [-0.2, 0) is 12.8 Å². The van der Waals surface area contributed by atoms with E-state index in [1.54, 1.807) is 0 Å². The molecular formula is C17H18BrNO. The van der Waals surface area contributed by atoms with Crippen molar-refractivity contribution in [2.45, 2.75) is 18.9 Å². The van der Waals surface area contributed by atoms with Crippen molar-refractivity contribution in [1.29, 1.82) is 0 Å². The molecule has 0 fully saturated rings. The fraction of sp³-hybridized carbons (Fsp3) is 0.294. The summed E-state index contributed by atoms with van der Waals surface area (Å²) < 4.78 is 6.69. The van der Waals surface area contributed by atoms with Gasteiger partial charge in [-0.15, -0.1) is 0 Å². The van der Waals surface area contributed by atoms with Gasteiger partial charge in [0.2, 0.25) is 0 Å². The minimum Gasteiger partial charge on any atom is -0.493 e. The number of likely N-dealkylation sites (N-methyl/N-ethyl adjacent to an activating group) is 1. The van der Waals surface area contributed by atoms with Gasteiger partial charge in [0.15, 0.2) is 0 Å². The van der Waals surface area contributed by atoms with Crippen molar-refractivity contribution in [3.63, 3.8) is 0 Å². The van der Waals surface area contributed by atoms with E-state index in [1.807, 2.05) is 7.05 Å². The Morgan fingerprint density at radius 1 is 1.20 bits per heavy atom. The largest absolute Gasteiger partial charge is 0.493 e. The van der Waals surface area contributed by atoms with E-state index in [4.69, 9.17) is 4.74 Å². The number of nitrogens with one attached hydrogen (secondary N) is 1. The van der Waals surface area contributed by atoms with Crippen LogP contribution in [0.1, 0.15) is 22.7 Å². The van der Waals surface area contributed by atoms with Gasteiger partial charge in [-0.3, -0.25) is 0 Å². The summed E-state index contributed by atoms with van der Waals surface area (Å²) in [5, 5.41) is 3.42. The predicted octanol–water partition coefficient (Wildman–Crippen LogP) is 3.89. The van der Waals surface area contributed by atoms with Crippen LogP contribution < -0.4 is 10.1 Å². The smallest absolute Gasteiger partial charge is 0.122 e. The molecule has 0 aliphatic carbocycles. The Bertz CT molecular complexity index is 594. The third-order valence-electron chi connectivity index (χ3n) is 3.82. The van der Waals surface area contributed by atoms with Gasteiger partial charge in [0.1, 0.15) is 5.75 Å². The van der Waals surface area contributed by atoms with Gasteiger partial charge < -0.3 is 10.1 Å². The highest BCUT2D eigenvalue weighted by Gasteiger charge is 2.16. The zero-order chi connectivity index (χ0) is 13.9.